The van der Waals surface area contributed by atoms with Crippen molar-refractivity contribution in [2.45, 2.75) is 45.5 Å². The Morgan fingerprint density at radius 1 is 1.25 bits per heavy atom. The summed E-state index contributed by atoms with van der Waals surface area (Å²) in [6.07, 6.45) is -3.83. The van der Waals surface area contributed by atoms with E-state index in [1.165, 1.54) is 17.2 Å². The molecule has 2 heterocycles. The molecule has 0 radical (unpaired) electrons. The number of nitrogens with one attached hydrogen (secondary N) is 1. The SMILES string of the molecule is CCOC(=O)c1cnc2cc(C(F)(F)F)c(Br)cc2c1NC1CN(C(=O)OC(C)(C)C)C1. The summed E-state index contributed by atoms with van der Waals surface area (Å²) in [5.74, 6) is -0.649. The summed E-state index contributed by atoms with van der Waals surface area (Å²) < 4.78 is 50.1. The molecule has 1 aliphatic heterocycles. The Bertz CT molecular complexity index is 1050. The van der Waals surface area contributed by atoms with Crippen molar-refractivity contribution in [2.75, 3.05) is 25.0 Å². The zero-order valence-corrected chi connectivity index (χ0v) is 19.6. The molecule has 0 unspecified atom stereocenters. The maximum atomic E-state index is 13.3. The van der Waals surface area contributed by atoms with Crippen LogP contribution in [-0.2, 0) is 15.7 Å². The number of esters is 1. The molecule has 1 amide bonds. The Labute approximate surface area is 191 Å². The molecule has 1 aliphatic rings. The molecule has 0 bridgehead atoms. The lowest BCUT2D eigenvalue weighted by molar-refractivity contribution is -0.138. The van der Waals surface area contributed by atoms with Crippen LogP contribution in [0.3, 0.4) is 0 Å². The van der Waals surface area contributed by atoms with E-state index in [0.717, 1.165) is 6.07 Å². The Hall–Kier alpha value is -2.56. The molecule has 7 nitrogen and oxygen atoms in total. The number of hydrogen-bond donors (Lipinski definition) is 1. The predicted octanol–water partition coefficient (Wildman–Crippen LogP) is 5.22. The number of aromatic nitrogens is 1. The summed E-state index contributed by atoms with van der Waals surface area (Å²) in [5, 5.41) is 3.50. The number of hydrogen-bond acceptors (Lipinski definition) is 6. The number of pyridine rings is 1. The smallest absolute Gasteiger partial charge is 0.417 e. The Kier molecular flexibility index (Phi) is 6.60. The van der Waals surface area contributed by atoms with Gasteiger partial charge in [0.2, 0.25) is 0 Å². The van der Waals surface area contributed by atoms with Crippen LogP contribution in [0.5, 0.6) is 0 Å². The third-order valence-electron chi connectivity index (χ3n) is 4.64. The molecular weight excluding hydrogens is 495 g/mol. The van der Waals surface area contributed by atoms with Crippen molar-refractivity contribution in [3.05, 3.63) is 33.9 Å². The molecule has 0 saturated carbocycles. The van der Waals surface area contributed by atoms with Gasteiger partial charge in [-0.3, -0.25) is 4.98 Å². The molecular formula is C21H23BrF3N3O4. The van der Waals surface area contributed by atoms with E-state index in [9.17, 15) is 22.8 Å². The van der Waals surface area contributed by atoms with Crippen molar-refractivity contribution in [3.63, 3.8) is 0 Å². The molecule has 3 rings (SSSR count). The molecule has 1 fully saturated rings. The molecule has 174 valence electrons. The van der Waals surface area contributed by atoms with E-state index in [2.05, 4.69) is 26.2 Å². The number of alkyl halides is 3. The van der Waals surface area contributed by atoms with Crippen LogP contribution in [0.25, 0.3) is 10.9 Å². The van der Waals surface area contributed by atoms with E-state index in [1.807, 2.05) is 0 Å². The van der Waals surface area contributed by atoms with Gasteiger partial charge in [0.25, 0.3) is 0 Å². The number of carbonyl (C=O) groups excluding carboxylic acids is 2. The molecule has 1 aromatic carbocycles. The van der Waals surface area contributed by atoms with E-state index >= 15 is 0 Å². The summed E-state index contributed by atoms with van der Waals surface area (Å²) in [5.41, 5.74) is -1.03. The molecule has 32 heavy (non-hydrogen) atoms. The van der Waals surface area contributed by atoms with E-state index < -0.39 is 29.4 Å². The quantitative estimate of drug-likeness (QED) is 0.559. The van der Waals surface area contributed by atoms with Gasteiger partial charge in [-0.2, -0.15) is 13.2 Å². The van der Waals surface area contributed by atoms with E-state index in [0.29, 0.717) is 24.2 Å². The average Bonchev–Trinajstić information content (AvgIpc) is 2.61. The second-order valence-corrected chi connectivity index (χ2v) is 9.20. The van der Waals surface area contributed by atoms with Crippen molar-refractivity contribution >= 4 is 44.6 Å². The van der Waals surface area contributed by atoms with Crippen LogP contribution in [0.1, 0.15) is 43.6 Å². The van der Waals surface area contributed by atoms with Crippen LogP contribution in [-0.4, -0.2) is 53.3 Å². The van der Waals surface area contributed by atoms with Gasteiger partial charge < -0.3 is 19.7 Å². The number of rotatable bonds is 4. The highest BCUT2D eigenvalue weighted by Gasteiger charge is 2.36. The van der Waals surface area contributed by atoms with Gasteiger partial charge in [-0.1, -0.05) is 15.9 Å². The fourth-order valence-electron chi connectivity index (χ4n) is 3.20. The average molecular weight is 518 g/mol. The van der Waals surface area contributed by atoms with Gasteiger partial charge in [-0.25, -0.2) is 9.59 Å². The maximum absolute atomic E-state index is 13.3. The standard InChI is InChI=1S/C21H23BrF3N3O4/c1-5-31-18(29)13-8-26-16-7-14(21(23,24)25)15(22)6-12(16)17(13)27-11-9-28(10-11)19(30)32-20(2,3)4/h6-8,11H,5,9-10H2,1-4H3,(H,26,27). The number of anilines is 1. The van der Waals surface area contributed by atoms with E-state index in [1.54, 1.807) is 27.7 Å². The number of benzene rings is 1. The van der Waals surface area contributed by atoms with Crippen molar-refractivity contribution in [2.24, 2.45) is 0 Å². The zero-order valence-electron chi connectivity index (χ0n) is 18.0. The summed E-state index contributed by atoms with van der Waals surface area (Å²) in [7, 11) is 0. The van der Waals surface area contributed by atoms with Crippen molar-refractivity contribution < 1.29 is 32.2 Å². The van der Waals surface area contributed by atoms with Crippen LogP contribution in [0.15, 0.2) is 22.8 Å². The van der Waals surface area contributed by atoms with Crippen LogP contribution >= 0.6 is 15.9 Å². The molecule has 0 aliphatic carbocycles. The second-order valence-electron chi connectivity index (χ2n) is 8.34. The summed E-state index contributed by atoms with van der Waals surface area (Å²) >= 11 is 2.97. The Balaban J connectivity index is 1.93. The first-order valence-corrected chi connectivity index (χ1v) is 10.7. The van der Waals surface area contributed by atoms with E-state index in [4.69, 9.17) is 9.47 Å². The third-order valence-corrected chi connectivity index (χ3v) is 5.30. The van der Waals surface area contributed by atoms with Gasteiger partial charge in [0, 0.05) is 29.1 Å². The lowest BCUT2D eigenvalue weighted by atomic mass is 10.0. The summed E-state index contributed by atoms with van der Waals surface area (Å²) in [4.78, 5) is 30.2. The number of amides is 1. The minimum Gasteiger partial charge on any atom is -0.462 e. The number of halogens is 4. The highest BCUT2D eigenvalue weighted by molar-refractivity contribution is 9.10. The third kappa shape index (κ3) is 5.25. The largest absolute Gasteiger partial charge is 0.462 e. The van der Waals surface area contributed by atoms with Crippen molar-refractivity contribution in [1.29, 1.82) is 0 Å². The maximum Gasteiger partial charge on any atom is 0.417 e. The summed E-state index contributed by atoms with van der Waals surface area (Å²) in [6, 6.07) is 1.97. The normalized spacial score (nSPS) is 14.8. The van der Waals surface area contributed by atoms with Gasteiger partial charge in [-0.05, 0) is 39.8 Å². The van der Waals surface area contributed by atoms with Crippen LogP contribution in [0.2, 0.25) is 0 Å². The molecule has 1 aromatic heterocycles. The first-order valence-electron chi connectivity index (χ1n) is 9.91. The number of fused-ring (bicyclic) bond motifs is 1. The van der Waals surface area contributed by atoms with Gasteiger partial charge in [-0.15, -0.1) is 0 Å². The van der Waals surface area contributed by atoms with Crippen LogP contribution < -0.4 is 5.32 Å². The Morgan fingerprint density at radius 3 is 2.47 bits per heavy atom. The van der Waals surface area contributed by atoms with Gasteiger partial charge >= 0.3 is 18.2 Å². The molecule has 1 saturated heterocycles. The zero-order chi connectivity index (χ0) is 23.8. The highest BCUT2D eigenvalue weighted by Crippen LogP contribution is 2.39. The molecule has 2 aromatic rings. The van der Waals surface area contributed by atoms with Gasteiger partial charge in [0.15, 0.2) is 0 Å². The lowest BCUT2D eigenvalue weighted by Crippen LogP contribution is -2.58. The van der Waals surface area contributed by atoms with Crippen molar-refractivity contribution in [1.82, 2.24) is 9.88 Å². The van der Waals surface area contributed by atoms with Crippen molar-refractivity contribution in [3.8, 4) is 0 Å². The molecule has 1 N–H and O–H groups in total. The fourth-order valence-corrected chi connectivity index (χ4v) is 3.77. The number of likely N-dealkylation sites (tertiary alicyclic amines) is 1. The molecule has 0 atom stereocenters. The van der Waals surface area contributed by atoms with Crippen LogP contribution in [0, 0.1) is 0 Å². The minimum atomic E-state index is -4.57. The lowest BCUT2D eigenvalue weighted by Gasteiger charge is -2.40. The first-order chi connectivity index (χ1) is 14.8. The topological polar surface area (TPSA) is 80.8 Å². The van der Waals surface area contributed by atoms with Crippen LogP contribution in [0.4, 0.5) is 23.7 Å². The van der Waals surface area contributed by atoms with Gasteiger partial charge in [0.05, 0.1) is 29.4 Å². The summed E-state index contributed by atoms with van der Waals surface area (Å²) in [6.45, 7) is 7.69. The first kappa shape index (κ1) is 24.1. The fraction of sp³-hybridized carbons (Fsp3) is 0.476. The van der Waals surface area contributed by atoms with E-state index in [-0.39, 0.29) is 28.2 Å². The Morgan fingerprint density at radius 2 is 1.91 bits per heavy atom. The molecule has 11 heteroatoms. The van der Waals surface area contributed by atoms with Gasteiger partial charge in [0.1, 0.15) is 11.2 Å². The predicted molar refractivity (Wildman–Crippen MR) is 116 cm³/mol. The second kappa shape index (κ2) is 8.76. The highest BCUT2D eigenvalue weighted by atomic mass is 79.9. The monoisotopic (exact) mass is 517 g/mol. The number of ether oxygens (including phenoxy) is 2. The number of carbonyl (C=O) groups is 2. The minimum absolute atomic E-state index is 0.0689. The molecule has 0 spiro atoms. The number of nitrogens with zero attached hydrogens (tertiary/aromatic N) is 2.